The number of aliphatic carboxylic acids is 1. The summed E-state index contributed by atoms with van der Waals surface area (Å²) in [6.07, 6.45) is 3.61. The molecule has 2 fully saturated rings. The van der Waals surface area contributed by atoms with Gasteiger partial charge in [-0.25, -0.2) is 4.79 Å². The lowest BCUT2D eigenvalue weighted by Crippen LogP contribution is -2.49. The molecular formula is C14H24N2O4. The van der Waals surface area contributed by atoms with E-state index >= 15 is 0 Å². The predicted molar refractivity (Wildman–Crippen MR) is 73.3 cm³/mol. The van der Waals surface area contributed by atoms with Gasteiger partial charge in [-0.2, -0.15) is 0 Å². The summed E-state index contributed by atoms with van der Waals surface area (Å²) in [5.41, 5.74) is 0. The maximum atomic E-state index is 12.2. The van der Waals surface area contributed by atoms with E-state index < -0.39 is 5.97 Å². The first-order valence-electron chi connectivity index (χ1n) is 7.43. The van der Waals surface area contributed by atoms with Crippen molar-refractivity contribution in [2.45, 2.75) is 51.1 Å². The Bertz CT molecular complexity index is 366. The summed E-state index contributed by atoms with van der Waals surface area (Å²) in [4.78, 5) is 24.8. The molecule has 0 bridgehead atoms. The molecular weight excluding hydrogens is 260 g/mol. The minimum Gasteiger partial charge on any atom is -0.481 e. The molecule has 2 amide bonds. The molecule has 1 heterocycles. The van der Waals surface area contributed by atoms with Crippen molar-refractivity contribution in [2.75, 3.05) is 13.2 Å². The van der Waals surface area contributed by atoms with Crippen LogP contribution in [0.3, 0.4) is 0 Å². The van der Waals surface area contributed by atoms with E-state index in [9.17, 15) is 14.7 Å². The normalized spacial score (nSPS) is 34.0. The lowest BCUT2D eigenvalue weighted by molar-refractivity contribution is -0.142. The first-order valence-corrected chi connectivity index (χ1v) is 7.43. The van der Waals surface area contributed by atoms with Crippen LogP contribution in [0.1, 0.15) is 39.0 Å². The van der Waals surface area contributed by atoms with E-state index in [1.807, 2.05) is 6.92 Å². The topological polar surface area (TPSA) is 89.9 Å². The van der Waals surface area contributed by atoms with Crippen molar-refractivity contribution in [1.82, 2.24) is 10.2 Å². The molecule has 0 aromatic heterocycles. The molecule has 2 aliphatic rings. The fraction of sp³-hybridized carbons (Fsp3) is 0.857. The molecule has 1 saturated heterocycles. The molecule has 1 aliphatic heterocycles. The van der Waals surface area contributed by atoms with Gasteiger partial charge in [-0.1, -0.05) is 6.92 Å². The van der Waals surface area contributed by atoms with Crippen molar-refractivity contribution >= 4 is 12.0 Å². The summed E-state index contributed by atoms with van der Waals surface area (Å²) in [6, 6.07) is -0.147. The van der Waals surface area contributed by atoms with Crippen molar-refractivity contribution in [1.29, 1.82) is 0 Å². The summed E-state index contributed by atoms with van der Waals surface area (Å²) >= 11 is 0. The molecule has 0 aromatic rings. The number of carbonyl (C=O) groups excluding carboxylic acids is 1. The van der Waals surface area contributed by atoms with Crippen LogP contribution in [0, 0.1) is 11.8 Å². The minimum atomic E-state index is -0.733. The maximum Gasteiger partial charge on any atom is 0.317 e. The Morgan fingerprint density at radius 3 is 2.40 bits per heavy atom. The second kappa shape index (κ2) is 6.43. The van der Waals surface area contributed by atoms with Crippen LogP contribution in [0.4, 0.5) is 4.79 Å². The Morgan fingerprint density at radius 2 is 1.85 bits per heavy atom. The Kier molecular flexibility index (Phi) is 4.86. The van der Waals surface area contributed by atoms with Gasteiger partial charge in [0.1, 0.15) is 0 Å². The second-order valence-corrected chi connectivity index (χ2v) is 6.05. The summed E-state index contributed by atoms with van der Waals surface area (Å²) in [5, 5.41) is 21.3. The average Bonchev–Trinajstić information content (AvgIpc) is 2.80. The first kappa shape index (κ1) is 15.1. The lowest BCUT2D eigenvalue weighted by Gasteiger charge is -2.31. The van der Waals surface area contributed by atoms with Crippen molar-refractivity contribution in [3.8, 4) is 0 Å². The molecule has 0 aromatic carbocycles. The number of aliphatic hydroxyl groups is 1. The van der Waals surface area contributed by atoms with E-state index in [4.69, 9.17) is 5.11 Å². The van der Waals surface area contributed by atoms with E-state index in [0.29, 0.717) is 25.3 Å². The van der Waals surface area contributed by atoms with E-state index in [1.54, 1.807) is 4.90 Å². The van der Waals surface area contributed by atoms with E-state index in [1.165, 1.54) is 0 Å². The zero-order valence-electron chi connectivity index (χ0n) is 11.9. The molecule has 6 heteroatoms. The molecule has 20 heavy (non-hydrogen) atoms. The number of hydrogen-bond acceptors (Lipinski definition) is 3. The fourth-order valence-corrected chi connectivity index (χ4v) is 3.28. The SMILES string of the molecule is CC1CCN(C(=O)NC2CCC(C(=O)O)CC2)C1CO. The smallest absolute Gasteiger partial charge is 0.317 e. The zero-order chi connectivity index (χ0) is 14.7. The summed E-state index contributed by atoms with van der Waals surface area (Å²) in [6.45, 7) is 2.73. The molecule has 1 aliphatic carbocycles. The number of amides is 2. The van der Waals surface area contributed by atoms with Gasteiger partial charge in [-0.05, 0) is 38.0 Å². The van der Waals surface area contributed by atoms with Crippen molar-refractivity contribution in [2.24, 2.45) is 11.8 Å². The summed E-state index contributed by atoms with van der Waals surface area (Å²) in [7, 11) is 0. The molecule has 0 spiro atoms. The number of carboxylic acids is 1. The number of carbonyl (C=O) groups is 2. The Labute approximate surface area is 119 Å². The lowest BCUT2D eigenvalue weighted by atomic mass is 9.86. The molecule has 2 unspecified atom stereocenters. The number of aliphatic hydroxyl groups excluding tert-OH is 1. The molecule has 1 saturated carbocycles. The van der Waals surface area contributed by atoms with Crippen LogP contribution in [0.25, 0.3) is 0 Å². The van der Waals surface area contributed by atoms with Gasteiger partial charge in [0, 0.05) is 12.6 Å². The molecule has 2 rings (SSSR count). The number of nitrogens with one attached hydrogen (secondary N) is 1. The van der Waals surface area contributed by atoms with Gasteiger partial charge >= 0.3 is 12.0 Å². The third-order valence-electron chi connectivity index (χ3n) is 4.73. The molecule has 3 N–H and O–H groups in total. The van der Waals surface area contributed by atoms with Crippen LogP contribution < -0.4 is 5.32 Å². The van der Waals surface area contributed by atoms with Crippen molar-refractivity contribution in [3.63, 3.8) is 0 Å². The van der Waals surface area contributed by atoms with Crippen LogP contribution in [-0.4, -0.2) is 52.3 Å². The number of likely N-dealkylation sites (tertiary alicyclic amines) is 1. The number of rotatable bonds is 3. The first-order chi connectivity index (χ1) is 9.52. The van der Waals surface area contributed by atoms with Crippen LogP contribution in [0.5, 0.6) is 0 Å². The maximum absolute atomic E-state index is 12.2. The standard InChI is InChI=1S/C14H24N2O4/c1-9-6-7-16(12(9)8-17)14(20)15-11-4-2-10(3-5-11)13(18)19/h9-12,17H,2-8H2,1H3,(H,15,20)(H,18,19). The van der Waals surface area contributed by atoms with E-state index in [0.717, 1.165) is 19.3 Å². The van der Waals surface area contributed by atoms with E-state index in [2.05, 4.69) is 5.32 Å². The zero-order valence-corrected chi connectivity index (χ0v) is 11.9. The average molecular weight is 284 g/mol. The number of carboxylic acid groups (broad SMARTS) is 1. The van der Waals surface area contributed by atoms with Crippen LogP contribution >= 0.6 is 0 Å². The van der Waals surface area contributed by atoms with Gasteiger partial charge in [0.05, 0.1) is 18.6 Å². The second-order valence-electron chi connectivity index (χ2n) is 6.05. The molecule has 0 radical (unpaired) electrons. The largest absolute Gasteiger partial charge is 0.481 e. The third-order valence-corrected chi connectivity index (χ3v) is 4.73. The van der Waals surface area contributed by atoms with Gasteiger partial charge in [0.2, 0.25) is 0 Å². The third kappa shape index (κ3) is 3.23. The highest BCUT2D eigenvalue weighted by molar-refractivity contribution is 5.75. The van der Waals surface area contributed by atoms with Gasteiger partial charge in [0.15, 0.2) is 0 Å². The van der Waals surface area contributed by atoms with Crippen LogP contribution in [0.2, 0.25) is 0 Å². The van der Waals surface area contributed by atoms with Crippen LogP contribution in [0.15, 0.2) is 0 Å². The Hall–Kier alpha value is -1.30. The van der Waals surface area contributed by atoms with Gasteiger partial charge in [-0.15, -0.1) is 0 Å². The Morgan fingerprint density at radius 1 is 1.20 bits per heavy atom. The highest BCUT2D eigenvalue weighted by Gasteiger charge is 2.35. The monoisotopic (exact) mass is 284 g/mol. The summed E-state index contributed by atoms with van der Waals surface area (Å²) in [5.74, 6) is -0.669. The van der Waals surface area contributed by atoms with Gasteiger partial charge in [0.25, 0.3) is 0 Å². The molecule has 2 atom stereocenters. The van der Waals surface area contributed by atoms with E-state index in [-0.39, 0.29) is 30.6 Å². The predicted octanol–water partition coefficient (Wildman–Crippen LogP) is 1.04. The minimum absolute atomic E-state index is 0.000339. The van der Waals surface area contributed by atoms with Crippen molar-refractivity contribution in [3.05, 3.63) is 0 Å². The number of hydrogen-bond donors (Lipinski definition) is 3. The number of nitrogens with zero attached hydrogens (tertiary/aromatic N) is 1. The van der Waals surface area contributed by atoms with Crippen LogP contribution in [-0.2, 0) is 4.79 Å². The van der Waals surface area contributed by atoms with Crippen molar-refractivity contribution < 1.29 is 19.8 Å². The molecule has 6 nitrogen and oxygen atoms in total. The Balaban J connectivity index is 1.82. The number of urea groups is 1. The summed E-state index contributed by atoms with van der Waals surface area (Å²) < 4.78 is 0. The molecule has 114 valence electrons. The fourth-order valence-electron chi connectivity index (χ4n) is 3.28. The van der Waals surface area contributed by atoms with Gasteiger partial charge in [-0.3, -0.25) is 4.79 Å². The highest BCUT2D eigenvalue weighted by atomic mass is 16.4. The highest BCUT2D eigenvalue weighted by Crippen LogP contribution is 2.26. The van der Waals surface area contributed by atoms with Gasteiger partial charge < -0.3 is 20.4 Å². The quantitative estimate of drug-likeness (QED) is 0.722.